The third-order valence-corrected chi connectivity index (χ3v) is 4.98. The molecule has 2 aromatic carbocycles. The van der Waals surface area contributed by atoms with E-state index >= 15 is 0 Å². The monoisotopic (exact) mass is 446 g/mol. The first-order chi connectivity index (χ1) is 10.4. The third kappa shape index (κ3) is 3.59. The lowest BCUT2D eigenvalue weighted by Crippen LogP contribution is -3.00. The maximum absolute atomic E-state index is 10.0. The lowest BCUT2D eigenvalue weighted by molar-refractivity contribution is -0.890. The van der Waals surface area contributed by atoms with Crippen LogP contribution in [0.4, 0.5) is 0 Å². The van der Waals surface area contributed by atoms with E-state index < -0.39 is 0 Å². The van der Waals surface area contributed by atoms with Crippen molar-refractivity contribution in [2.24, 2.45) is 0 Å². The van der Waals surface area contributed by atoms with Gasteiger partial charge in [0.1, 0.15) is 0 Å². The Bertz CT molecular complexity index is 704. The highest BCUT2D eigenvalue weighted by Crippen LogP contribution is 2.44. The lowest BCUT2D eigenvalue weighted by Gasteiger charge is -2.31. The van der Waals surface area contributed by atoms with Crippen LogP contribution in [0.25, 0.3) is 0 Å². The fourth-order valence-corrected chi connectivity index (χ4v) is 3.62. The summed E-state index contributed by atoms with van der Waals surface area (Å²) in [6.07, 6.45) is 0.790. The van der Waals surface area contributed by atoms with Crippen molar-refractivity contribution in [3.05, 3.63) is 58.1 Å². The number of phenolic OH excluding ortho intramolecular Hbond substituents is 2. The molecule has 1 aliphatic heterocycles. The molecule has 3 nitrogen and oxygen atoms in total. The number of aromatic hydroxyl groups is 2. The number of hydrogen-bond donors (Lipinski definition) is 2. The number of hydrogen-bond acceptors (Lipinski definition) is 2. The molecule has 0 saturated carbocycles. The number of phenols is 2. The van der Waals surface area contributed by atoms with Crippen LogP contribution in [0.15, 0.2) is 36.4 Å². The Hall–Kier alpha value is -0.980. The summed E-state index contributed by atoms with van der Waals surface area (Å²) in [4.78, 5) is 0. The summed E-state index contributed by atoms with van der Waals surface area (Å²) >= 11 is 6.32. The van der Waals surface area contributed by atoms with E-state index in [4.69, 9.17) is 11.6 Å². The zero-order valence-electron chi connectivity index (χ0n) is 13.3. The summed E-state index contributed by atoms with van der Waals surface area (Å²) in [6, 6.07) is 12.0. The topological polar surface area (TPSA) is 40.5 Å². The molecule has 2 N–H and O–H groups in total. The van der Waals surface area contributed by atoms with Gasteiger partial charge in [-0.05, 0) is 22.8 Å². The molecule has 2 atom stereocenters. The largest absolute Gasteiger partial charge is 1.00 e. The van der Waals surface area contributed by atoms with Crippen molar-refractivity contribution < 1.29 is 38.7 Å². The van der Waals surface area contributed by atoms with E-state index in [9.17, 15) is 10.2 Å². The normalized spacial score (nSPS) is 23.5. The zero-order chi connectivity index (χ0) is 15.9. The fraction of sp³-hybridized carbons (Fsp3) is 0.333. The molecule has 124 valence electrons. The summed E-state index contributed by atoms with van der Waals surface area (Å²) in [7, 11) is 4.41. The maximum atomic E-state index is 10.0. The van der Waals surface area contributed by atoms with Gasteiger partial charge in [0.25, 0.3) is 0 Å². The van der Waals surface area contributed by atoms with E-state index in [1.54, 1.807) is 6.07 Å². The van der Waals surface area contributed by atoms with Gasteiger partial charge in [-0.2, -0.15) is 0 Å². The molecule has 1 aliphatic rings. The Balaban J connectivity index is 0.00000192. The van der Waals surface area contributed by atoms with Crippen molar-refractivity contribution in [3.8, 4) is 11.5 Å². The smallest absolute Gasteiger partial charge is 0.176 e. The lowest BCUT2D eigenvalue weighted by atomic mass is 9.87. The summed E-state index contributed by atoms with van der Waals surface area (Å²) < 4.78 is 0.867. The van der Waals surface area contributed by atoms with Crippen LogP contribution < -0.4 is 24.0 Å². The molecule has 0 aromatic heterocycles. The van der Waals surface area contributed by atoms with Gasteiger partial charge in [-0.25, -0.2) is 0 Å². The van der Waals surface area contributed by atoms with Crippen molar-refractivity contribution in [2.75, 3.05) is 27.2 Å². The van der Waals surface area contributed by atoms with Crippen molar-refractivity contribution in [1.82, 2.24) is 0 Å². The molecule has 5 heteroatoms. The van der Waals surface area contributed by atoms with Gasteiger partial charge in [0.05, 0.1) is 38.1 Å². The minimum Gasteiger partial charge on any atom is -1.00 e. The Morgan fingerprint density at radius 1 is 1.13 bits per heavy atom. The van der Waals surface area contributed by atoms with E-state index in [0.717, 1.165) is 35.1 Å². The molecular formula is C18H21ClINO2. The van der Waals surface area contributed by atoms with E-state index in [-0.39, 0.29) is 46.4 Å². The highest BCUT2D eigenvalue weighted by Gasteiger charge is 2.33. The number of rotatable bonds is 1. The number of benzene rings is 2. The van der Waals surface area contributed by atoms with Crippen LogP contribution in [-0.4, -0.2) is 41.9 Å². The van der Waals surface area contributed by atoms with Gasteiger partial charge >= 0.3 is 0 Å². The van der Waals surface area contributed by atoms with Crippen LogP contribution in [-0.2, 0) is 6.42 Å². The molecule has 0 fully saturated rings. The van der Waals surface area contributed by atoms with Gasteiger partial charge in [0, 0.05) is 6.42 Å². The average molecular weight is 447 g/mol. The number of fused-ring (bicyclic) bond motifs is 1. The number of quaternary nitrogens is 1. The Morgan fingerprint density at radius 3 is 2.43 bits per heavy atom. The SMILES string of the molecule is C[N+]1([13CH3])CCc2c(cc(O)c(O)c2Cl)[C@@H](c2ccccc2)C1.[I-]. The fourth-order valence-electron chi connectivity index (χ4n) is 3.32. The number of likely N-dealkylation sites (N-methyl/N-ethyl adjacent to an activating group) is 1. The van der Waals surface area contributed by atoms with Gasteiger partial charge in [-0.15, -0.1) is 0 Å². The molecule has 0 aliphatic carbocycles. The molecule has 2 aromatic rings. The second kappa shape index (κ2) is 6.87. The maximum Gasteiger partial charge on any atom is 0.176 e. The molecule has 0 radical (unpaired) electrons. The third-order valence-electron chi connectivity index (χ3n) is 4.58. The van der Waals surface area contributed by atoms with E-state index in [1.807, 2.05) is 18.2 Å². The number of nitrogens with zero attached hydrogens (tertiary/aromatic N) is 1. The Kier molecular flexibility index (Phi) is 5.48. The molecule has 0 bridgehead atoms. The molecular weight excluding hydrogens is 426 g/mol. The van der Waals surface area contributed by atoms with Gasteiger partial charge < -0.3 is 38.7 Å². The first-order valence-corrected chi connectivity index (χ1v) is 7.87. The molecule has 1 unspecified atom stereocenters. The summed E-state index contributed by atoms with van der Waals surface area (Å²) in [5, 5.41) is 20.2. The second-order valence-electron chi connectivity index (χ2n) is 6.68. The summed E-state index contributed by atoms with van der Waals surface area (Å²) in [5.74, 6) is -0.200. The van der Waals surface area contributed by atoms with Crippen LogP contribution in [0, 0.1) is 0 Å². The van der Waals surface area contributed by atoms with E-state index in [2.05, 4.69) is 26.2 Å². The first kappa shape index (κ1) is 18.4. The summed E-state index contributed by atoms with van der Waals surface area (Å²) in [6.45, 7) is 1.87. The average Bonchev–Trinajstić information content (AvgIpc) is 2.63. The molecule has 0 amide bonds. The van der Waals surface area contributed by atoms with E-state index in [0.29, 0.717) is 0 Å². The van der Waals surface area contributed by atoms with Gasteiger partial charge in [0.15, 0.2) is 11.5 Å². The minimum absolute atomic E-state index is 0. The van der Waals surface area contributed by atoms with Crippen LogP contribution in [0.1, 0.15) is 22.6 Å². The minimum atomic E-state index is -0.209. The molecule has 23 heavy (non-hydrogen) atoms. The van der Waals surface area contributed by atoms with Gasteiger partial charge in [-0.3, -0.25) is 0 Å². The Morgan fingerprint density at radius 2 is 1.78 bits per heavy atom. The first-order valence-electron chi connectivity index (χ1n) is 7.49. The number of halogens is 2. The van der Waals surface area contributed by atoms with Crippen LogP contribution in [0.2, 0.25) is 5.02 Å². The molecule has 0 saturated heterocycles. The molecule has 3 rings (SSSR count). The standard InChI is InChI=1S/C18H20ClNO2.HI/c1-20(2)9-8-13-14(10-16(21)18(22)17(13)19)15(11-20)12-6-4-3-5-7-12;/h3-7,10,15H,8-9,11H2,1-2H3,(H-,21,22);1H/t15-;/m1./s1/i1+1;/t15-,20?;. The van der Waals surface area contributed by atoms with Crippen molar-refractivity contribution in [2.45, 2.75) is 12.3 Å². The van der Waals surface area contributed by atoms with Gasteiger partial charge in [0.2, 0.25) is 0 Å². The predicted octanol–water partition coefficient (Wildman–Crippen LogP) is 0.520. The highest BCUT2D eigenvalue weighted by atomic mass is 127. The predicted molar refractivity (Wildman–Crippen MR) is 88.6 cm³/mol. The van der Waals surface area contributed by atoms with Crippen LogP contribution in [0.5, 0.6) is 11.5 Å². The van der Waals surface area contributed by atoms with Crippen molar-refractivity contribution in [1.29, 1.82) is 0 Å². The van der Waals surface area contributed by atoms with Crippen molar-refractivity contribution in [3.63, 3.8) is 0 Å². The Labute approximate surface area is 159 Å². The summed E-state index contributed by atoms with van der Waals surface area (Å²) in [5.41, 5.74) is 3.18. The molecule has 0 spiro atoms. The van der Waals surface area contributed by atoms with Crippen LogP contribution >= 0.6 is 11.6 Å². The molecule has 1 heterocycles. The highest BCUT2D eigenvalue weighted by molar-refractivity contribution is 6.33. The van der Waals surface area contributed by atoms with Gasteiger partial charge in [-0.1, -0.05) is 41.9 Å². The second-order valence-corrected chi connectivity index (χ2v) is 7.06. The van der Waals surface area contributed by atoms with Crippen molar-refractivity contribution >= 4 is 11.6 Å². The zero-order valence-corrected chi connectivity index (χ0v) is 16.2. The van der Waals surface area contributed by atoms with Crippen LogP contribution in [0.3, 0.4) is 0 Å². The van der Waals surface area contributed by atoms with E-state index in [1.165, 1.54) is 5.56 Å². The quantitative estimate of drug-likeness (QED) is 0.290.